The van der Waals surface area contributed by atoms with E-state index in [0.29, 0.717) is 6.04 Å². The highest BCUT2D eigenvalue weighted by atomic mass is 32.1. The van der Waals surface area contributed by atoms with Crippen LogP contribution < -0.4 is 5.32 Å². The average Bonchev–Trinajstić information content (AvgIpc) is 3.18. The van der Waals surface area contributed by atoms with Gasteiger partial charge in [0.15, 0.2) is 0 Å². The van der Waals surface area contributed by atoms with E-state index in [0.717, 1.165) is 29.2 Å². The van der Waals surface area contributed by atoms with Gasteiger partial charge in [-0.1, -0.05) is 18.2 Å². The van der Waals surface area contributed by atoms with Crippen molar-refractivity contribution in [3.8, 4) is 0 Å². The van der Waals surface area contributed by atoms with Gasteiger partial charge < -0.3 is 5.32 Å². The van der Waals surface area contributed by atoms with E-state index in [1.54, 1.807) is 23.5 Å². The van der Waals surface area contributed by atoms with Gasteiger partial charge in [0, 0.05) is 23.9 Å². The van der Waals surface area contributed by atoms with Crippen molar-refractivity contribution < 1.29 is 4.39 Å². The summed E-state index contributed by atoms with van der Waals surface area (Å²) < 4.78 is 14.0. The van der Waals surface area contributed by atoms with Crippen LogP contribution >= 0.6 is 11.3 Å². The number of aryl methyl sites for hydroxylation is 1. The maximum absolute atomic E-state index is 14.0. The Kier molecular flexibility index (Phi) is 4.13. The fourth-order valence-corrected chi connectivity index (χ4v) is 3.07. The minimum Gasteiger partial charge on any atom is -0.313 e. The van der Waals surface area contributed by atoms with Gasteiger partial charge in [-0.05, 0) is 37.8 Å². The van der Waals surface area contributed by atoms with Crippen LogP contribution in [0.5, 0.6) is 0 Å². The van der Waals surface area contributed by atoms with Crippen molar-refractivity contribution in [1.82, 2.24) is 10.3 Å². The summed E-state index contributed by atoms with van der Waals surface area (Å²) in [7, 11) is 0. The summed E-state index contributed by atoms with van der Waals surface area (Å²) in [6.07, 6.45) is 3.30. The standard InChI is InChI=1S/C16H19FN2S/c1-11-19-14(10-20-11)8-12(9-18-13-6-7-13)15-4-2-3-5-16(15)17/h2-5,10,12-13,18H,6-9H2,1H3. The minimum absolute atomic E-state index is 0.109. The number of rotatable bonds is 6. The van der Waals surface area contributed by atoms with Gasteiger partial charge in [0.2, 0.25) is 0 Å². The molecule has 1 aromatic carbocycles. The van der Waals surface area contributed by atoms with E-state index in [9.17, 15) is 4.39 Å². The highest BCUT2D eigenvalue weighted by Gasteiger charge is 2.24. The molecule has 1 unspecified atom stereocenters. The lowest BCUT2D eigenvalue weighted by Gasteiger charge is -2.18. The molecule has 1 saturated carbocycles. The lowest BCUT2D eigenvalue weighted by molar-refractivity contribution is 0.533. The van der Waals surface area contributed by atoms with Crippen molar-refractivity contribution in [3.05, 3.63) is 51.7 Å². The molecule has 1 N–H and O–H groups in total. The third-order valence-electron chi connectivity index (χ3n) is 3.70. The van der Waals surface area contributed by atoms with Crippen LogP contribution in [0.3, 0.4) is 0 Å². The number of halogens is 1. The molecule has 0 spiro atoms. The summed E-state index contributed by atoms with van der Waals surface area (Å²) in [5.74, 6) is 0.0420. The first-order valence-electron chi connectivity index (χ1n) is 7.11. The van der Waals surface area contributed by atoms with Gasteiger partial charge in [-0.15, -0.1) is 11.3 Å². The molecular formula is C16H19FN2S. The molecule has 3 rings (SSSR count). The first-order valence-corrected chi connectivity index (χ1v) is 7.99. The Hall–Kier alpha value is -1.26. The zero-order valence-corrected chi connectivity index (χ0v) is 12.4. The Morgan fingerprint density at radius 2 is 2.20 bits per heavy atom. The number of hydrogen-bond donors (Lipinski definition) is 1. The molecular weight excluding hydrogens is 271 g/mol. The Bertz CT molecular complexity index is 577. The van der Waals surface area contributed by atoms with Gasteiger partial charge >= 0.3 is 0 Å². The van der Waals surface area contributed by atoms with Crippen LogP contribution in [0.2, 0.25) is 0 Å². The monoisotopic (exact) mass is 290 g/mol. The Labute approximate surface area is 123 Å². The molecule has 1 aliphatic rings. The summed E-state index contributed by atoms with van der Waals surface area (Å²) in [5.41, 5.74) is 1.87. The van der Waals surface area contributed by atoms with Crippen molar-refractivity contribution in [3.63, 3.8) is 0 Å². The first-order chi connectivity index (χ1) is 9.72. The van der Waals surface area contributed by atoms with Crippen molar-refractivity contribution >= 4 is 11.3 Å². The van der Waals surface area contributed by atoms with Crippen molar-refractivity contribution in [2.24, 2.45) is 0 Å². The number of thiazole rings is 1. The lowest BCUT2D eigenvalue weighted by atomic mass is 9.94. The number of benzene rings is 1. The van der Waals surface area contributed by atoms with Crippen LogP contribution in [0.15, 0.2) is 29.6 Å². The second-order valence-electron chi connectivity index (χ2n) is 5.46. The van der Waals surface area contributed by atoms with Gasteiger partial charge in [-0.3, -0.25) is 0 Å². The van der Waals surface area contributed by atoms with E-state index in [1.165, 1.54) is 12.8 Å². The zero-order chi connectivity index (χ0) is 13.9. The van der Waals surface area contributed by atoms with Crippen molar-refractivity contribution in [2.75, 3.05) is 6.54 Å². The molecule has 2 aromatic rings. The molecule has 0 saturated heterocycles. The molecule has 0 radical (unpaired) electrons. The average molecular weight is 290 g/mol. The quantitative estimate of drug-likeness (QED) is 0.878. The second kappa shape index (κ2) is 6.02. The maximum atomic E-state index is 14.0. The van der Waals surface area contributed by atoms with Crippen molar-refractivity contribution in [2.45, 2.75) is 38.1 Å². The minimum atomic E-state index is -0.109. The van der Waals surface area contributed by atoms with Crippen LogP contribution in [0.25, 0.3) is 0 Å². The van der Waals surface area contributed by atoms with E-state index in [4.69, 9.17) is 0 Å². The molecule has 20 heavy (non-hydrogen) atoms. The Balaban J connectivity index is 1.77. The first kappa shape index (κ1) is 13.7. The molecule has 1 atom stereocenters. The van der Waals surface area contributed by atoms with Crippen LogP contribution in [0, 0.1) is 12.7 Å². The lowest BCUT2D eigenvalue weighted by Crippen LogP contribution is -2.25. The van der Waals surface area contributed by atoms with Crippen molar-refractivity contribution in [1.29, 1.82) is 0 Å². The number of aromatic nitrogens is 1. The highest BCUT2D eigenvalue weighted by molar-refractivity contribution is 7.09. The van der Waals surface area contributed by atoms with E-state index in [1.807, 2.05) is 19.1 Å². The molecule has 1 aliphatic carbocycles. The summed E-state index contributed by atoms with van der Waals surface area (Å²) in [6.45, 7) is 2.83. The van der Waals surface area contributed by atoms with E-state index < -0.39 is 0 Å². The van der Waals surface area contributed by atoms with Gasteiger partial charge in [-0.25, -0.2) is 9.37 Å². The predicted molar refractivity (Wildman–Crippen MR) is 80.7 cm³/mol. The molecule has 0 amide bonds. The second-order valence-corrected chi connectivity index (χ2v) is 6.53. The predicted octanol–water partition coefficient (Wildman–Crippen LogP) is 3.67. The summed E-state index contributed by atoms with van der Waals surface area (Å²) in [6, 6.07) is 7.74. The third kappa shape index (κ3) is 3.44. The molecule has 1 aromatic heterocycles. The molecule has 106 valence electrons. The fourth-order valence-electron chi connectivity index (χ4n) is 2.45. The molecule has 0 aliphatic heterocycles. The zero-order valence-electron chi connectivity index (χ0n) is 11.6. The molecule has 1 fully saturated rings. The summed E-state index contributed by atoms with van der Waals surface area (Å²) in [5, 5.41) is 6.67. The Morgan fingerprint density at radius 3 is 2.85 bits per heavy atom. The number of nitrogens with zero attached hydrogens (tertiary/aromatic N) is 1. The number of nitrogens with one attached hydrogen (secondary N) is 1. The van der Waals surface area contributed by atoms with Crippen LogP contribution in [-0.2, 0) is 6.42 Å². The fraction of sp³-hybridized carbons (Fsp3) is 0.438. The topological polar surface area (TPSA) is 24.9 Å². The largest absolute Gasteiger partial charge is 0.313 e. The SMILES string of the molecule is Cc1nc(CC(CNC2CC2)c2ccccc2F)cs1. The van der Waals surface area contributed by atoms with E-state index in [-0.39, 0.29) is 11.7 Å². The summed E-state index contributed by atoms with van der Waals surface area (Å²) in [4.78, 5) is 4.52. The maximum Gasteiger partial charge on any atom is 0.126 e. The highest BCUT2D eigenvalue weighted by Crippen LogP contribution is 2.26. The van der Waals surface area contributed by atoms with E-state index >= 15 is 0 Å². The molecule has 1 heterocycles. The van der Waals surface area contributed by atoms with Crippen LogP contribution in [-0.4, -0.2) is 17.6 Å². The molecule has 4 heteroatoms. The molecule has 2 nitrogen and oxygen atoms in total. The smallest absolute Gasteiger partial charge is 0.126 e. The van der Waals surface area contributed by atoms with Gasteiger partial charge in [0.25, 0.3) is 0 Å². The van der Waals surface area contributed by atoms with Crippen LogP contribution in [0.4, 0.5) is 4.39 Å². The molecule has 0 bridgehead atoms. The van der Waals surface area contributed by atoms with Crippen LogP contribution in [0.1, 0.15) is 35.0 Å². The number of hydrogen-bond acceptors (Lipinski definition) is 3. The third-order valence-corrected chi connectivity index (χ3v) is 4.52. The van der Waals surface area contributed by atoms with Gasteiger partial charge in [0.05, 0.1) is 10.7 Å². The van der Waals surface area contributed by atoms with E-state index in [2.05, 4.69) is 15.7 Å². The summed E-state index contributed by atoms with van der Waals surface area (Å²) >= 11 is 1.66. The Morgan fingerprint density at radius 1 is 1.40 bits per heavy atom. The van der Waals surface area contributed by atoms with Gasteiger partial charge in [0.1, 0.15) is 5.82 Å². The normalized spacial score (nSPS) is 16.3. The van der Waals surface area contributed by atoms with Gasteiger partial charge in [-0.2, -0.15) is 0 Å².